The molecule has 1 aromatic carbocycles. The molecule has 0 spiro atoms. The van der Waals surface area contributed by atoms with Crippen molar-refractivity contribution in [3.63, 3.8) is 0 Å². The zero-order chi connectivity index (χ0) is 13.9. The van der Waals surface area contributed by atoms with Gasteiger partial charge in [0, 0.05) is 17.8 Å². The van der Waals surface area contributed by atoms with Crippen molar-refractivity contribution in [2.75, 3.05) is 17.6 Å². The highest BCUT2D eigenvalue weighted by Crippen LogP contribution is 2.28. The molecule has 4 nitrogen and oxygen atoms in total. The smallest absolute Gasteiger partial charge is 0.258 e. The molecule has 1 N–H and O–H groups in total. The van der Waals surface area contributed by atoms with Gasteiger partial charge in [-0.1, -0.05) is 25.1 Å². The molecule has 5 heteroatoms. The summed E-state index contributed by atoms with van der Waals surface area (Å²) in [6.07, 6.45) is 1.09. The number of aromatic nitrogens is 2. The molecule has 20 heavy (non-hydrogen) atoms. The highest BCUT2D eigenvalue weighted by atomic mass is 32.2. The molecule has 0 bridgehead atoms. The summed E-state index contributed by atoms with van der Waals surface area (Å²) in [5.41, 5.74) is 3.54. The van der Waals surface area contributed by atoms with Gasteiger partial charge in [-0.2, -0.15) is 16.7 Å². The summed E-state index contributed by atoms with van der Waals surface area (Å²) in [6, 6.07) is 6.30. The van der Waals surface area contributed by atoms with Crippen LogP contribution in [0.5, 0.6) is 0 Å². The first-order chi connectivity index (χ1) is 9.72. The van der Waals surface area contributed by atoms with Crippen LogP contribution in [-0.4, -0.2) is 22.4 Å². The largest absolute Gasteiger partial charge is 0.384 e. The number of nitrogens with zero attached hydrogens (tertiary/aromatic N) is 2. The summed E-state index contributed by atoms with van der Waals surface area (Å²) < 4.78 is 5.37. The van der Waals surface area contributed by atoms with Crippen molar-refractivity contribution >= 4 is 17.4 Å². The number of benzene rings is 1. The van der Waals surface area contributed by atoms with Crippen LogP contribution in [0.15, 0.2) is 22.7 Å². The van der Waals surface area contributed by atoms with Gasteiger partial charge in [-0.15, -0.1) is 0 Å². The Morgan fingerprint density at radius 3 is 3.15 bits per heavy atom. The lowest BCUT2D eigenvalue weighted by Gasteiger charge is -2.01. The van der Waals surface area contributed by atoms with E-state index in [0.717, 1.165) is 35.9 Å². The van der Waals surface area contributed by atoms with Crippen LogP contribution in [0, 0.1) is 5.92 Å². The van der Waals surface area contributed by atoms with Crippen LogP contribution in [0.25, 0.3) is 11.5 Å². The summed E-state index contributed by atoms with van der Waals surface area (Å²) in [5, 5.41) is 7.43. The van der Waals surface area contributed by atoms with Crippen LogP contribution in [-0.2, 0) is 12.2 Å². The molecule has 1 aromatic heterocycles. The number of fused-ring (bicyclic) bond motifs is 1. The van der Waals surface area contributed by atoms with Crippen molar-refractivity contribution in [2.24, 2.45) is 5.92 Å². The third-order valence-corrected chi connectivity index (χ3v) is 4.58. The van der Waals surface area contributed by atoms with E-state index in [0.29, 0.717) is 11.8 Å². The molecule has 1 aliphatic rings. The van der Waals surface area contributed by atoms with E-state index in [1.165, 1.54) is 11.3 Å². The number of hydrogen-bond donors (Lipinski definition) is 1. The van der Waals surface area contributed by atoms with E-state index < -0.39 is 0 Å². The van der Waals surface area contributed by atoms with E-state index >= 15 is 0 Å². The normalized spacial score (nSPS) is 13.6. The fourth-order valence-corrected chi connectivity index (χ4v) is 3.13. The van der Waals surface area contributed by atoms with Crippen LogP contribution < -0.4 is 5.32 Å². The van der Waals surface area contributed by atoms with Gasteiger partial charge >= 0.3 is 0 Å². The highest BCUT2D eigenvalue weighted by molar-refractivity contribution is 7.98. The van der Waals surface area contributed by atoms with Gasteiger partial charge in [-0.3, -0.25) is 0 Å². The van der Waals surface area contributed by atoms with Crippen molar-refractivity contribution in [1.82, 2.24) is 10.1 Å². The van der Waals surface area contributed by atoms with E-state index in [2.05, 4.69) is 47.5 Å². The van der Waals surface area contributed by atoms with Crippen molar-refractivity contribution in [3.05, 3.63) is 29.6 Å². The molecule has 0 amide bonds. The van der Waals surface area contributed by atoms with Gasteiger partial charge in [0.05, 0.1) is 5.75 Å². The highest BCUT2D eigenvalue weighted by Gasteiger charge is 2.14. The Hall–Kier alpha value is -1.49. The average Bonchev–Trinajstić information content (AvgIpc) is 3.05. The molecule has 1 aliphatic heterocycles. The minimum Gasteiger partial charge on any atom is -0.384 e. The lowest BCUT2D eigenvalue weighted by atomic mass is 10.1. The second-order valence-electron chi connectivity index (χ2n) is 5.47. The summed E-state index contributed by atoms with van der Waals surface area (Å²) in [6.45, 7) is 5.44. The molecule has 0 atom stereocenters. The standard InChI is InChI=1S/C15H19N3OS/c1-10(2)8-20-9-14-17-15(19-18-14)12-4-3-11-5-6-16-13(11)7-12/h3-4,7,10,16H,5-6,8-9H2,1-2H3. The molecule has 0 fully saturated rings. The lowest BCUT2D eigenvalue weighted by Crippen LogP contribution is -1.92. The molecule has 2 heterocycles. The van der Waals surface area contributed by atoms with Gasteiger partial charge < -0.3 is 9.84 Å². The second kappa shape index (κ2) is 5.87. The zero-order valence-electron chi connectivity index (χ0n) is 11.8. The molecular formula is C15H19N3OS. The molecule has 0 saturated carbocycles. The number of anilines is 1. The van der Waals surface area contributed by atoms with Crippen LogP contribution >= 0.6 is 11.8 Å². The predicted molar refractivity (Wildman–Crippen MR) is 82.9 cm³/mol. The average molecular weight is 289 g/mol. The number of hydrogen-bond acceptors (Lipinski definition) is 5. The van der Waals surface area contributed by atoms with Crippen molar-refractivity contribution in [3.8, 4) is 11.5 Å². The first-order valence-electron chi connectivity index (χ1n) is 7.00. The maximum Gasteiger partial charge on any atom is 0.258 e. The van der Waals surface area contributed by atoms with Crippen LogP contribution in [0.3, 0.4) is 0 Å². The third-order valence-electron chi connectivity index (χ3n) is 3.22. The summed E-state index contributed by atoms with van der Waals surface area (Å²) >= 11 is 1.85. The van der Waals surface area contributed by atoms with Crippen molar-refractivity contribution < 1.29 is 4.52 Å². The van der Waals surface area contributed by atoms with Crippen LogP contribution in [0.4, 0.5) is 5.69 Å². The van der Waals surface area contributed by atoms with Crippen LogP contribution in [0.2, 0.25) is 0 Å². The Labute approximate surface area is 123 Å². The van der Waals surface area contributed by atoms with Gasteiger partial charge in [0.2, 0.25) is 0 Å². The Bertz CT molecular complexity index is 595. The summed E-state index contributed by atoms with van der Waals surface area (Å²) in [5.74, 6) is 4.01. The van der Waals surface area contributed by atoms with E-state index in [4.69, 9.17) is 4.52 Å². The molecule has 0 saturated heterocycles. The molecule has 0 unspecified atom stereocenters. The van der Waals surface area contributed by atoms with Crippen molar-refractivity contribution in [2.45, 2.75) is 26.0 Å². The Balaban J connectivity index is 1.70. The van der Waals surface area contributed by atoms with E-state index in [1.807, 2.05) is 11.8 Å². The van der Waals surface area contributed by atoms with E-state index in [1.54, 1.807) is 0 Å². The number of rotatable bonds is 5. The summed E-state index contributed by atoms with van der Waals surface area (Å²) in [7, 11) is 0. The fraction of sp³-hybridized carbons (Fsp3) is 0.467. The Kier molecular flexibility index (Phi) is 3.96. The van der Waals surface area contributed by atoms with E-state index in [9.17, 15) is 0 Å². The summed E-state index contributed by atoms with van der Waals surface area (Å²) in [4.78, 5) is 4.48. The first kappa shape index (κ1) is 13.5. The van der Waals surface area contributed by atoms with Gasteiger partial charge in [0.25, 0.3) is 5.89 Å². The van der Waals surface area contributed by atoms with Gasteiger partial charge in [0.1, 0.15) is 0 Å². The Morgan fingerprint density at radius 1 is 1.40 bits per heavy atom. The minimum atomic E-state index is 0.613. The molecule has 106 valence electrons. The zero-order valence-corrected chi connectivity index (χ0v) is 12.7. The molecule has 0 aliphatic carbocycles. The second-order valence-corrected chi connectivity index (χ2v) is 6.50. The topological polar surface area (TPSA) is 51.0 Å². The molecule has 3 rings (SSSR count). The fourth-order valence-electron chi connectivity index (χ4n) is 2.24. The van der Waals surface area contributed by atoms with Crippen LogP contribution in [0.1, 0.15) is 25.2 Å². The van der Waals surface area contributed by atoms with Crippen molar-refractivity contribution in [1.29, 1.82) is 0 Å². The first-order valence-corrected chi connectivity index (χ1v) is 8.15. The predicted octanol–water partition coefficient (Wildman–Crippen LogP) is 3.59. The SMILES string of the molecule is CC(C)CSCc1noc(-c2ccc3c(c2)NCC3)n1. The lowest BCUT2D eigenvalue weighted by molar-refractivity contribution is 0.425. The minimum absolute atomic E-state index is 0.613. The van der Waals surface area contributed by atoms with Gasteiger partial charge in [-0.05, 0) is 35.8 Å². The monoisotopic (exact) mass is 289 g/mol. The molecule has 2 aromatic rings. The van der Waals surface area contributed by atoms with E-state index in [-0.39, 0.29) is 0 Å². The quantitative estimate of drug-likeness (QED) is 0.911. The molecule has 0 radical (unpaired) electrons. The van der Waals surface area contributed by atoms with Gasteiger partial charge in [-0.25, -0.2) is 0 Å². The van der Waals surface area contributed by atoms with Gasteiger partial charge in [0.15, 0.2) is 5.82 Å². The molecular weight excluding hydrogens is 270 g/mol. The number of thioether (sulfide) groups is 1. The third kappa shape index (κ3) is 2.98. The maximum atomic E-state index is 5.37. The number of nitrogens with one attached hydrogen (secondary N) is 1. The maximum absolute atomic E-state index is 5.37. The Morgan fingerprint density at radius 2 is 2.30 bits per heavy atom.